The van der Waals surface area contributed by atoms with E-state index in [1.54, 1.807) is 35.4 Å². The number of aromatic nitrogens is 1. The molecule has 2 aromatic carbocycles. The summed E-state index contributed by atoms with van der Waals surface area (Å²) in [6.45, 7) is 1.06. The number of rotatable bonds is 3. The summed E-state index contributed by atoms with van der Waals surface area (Å²) >= 11 is 5.90. The molecule has 0 saturated carbocycles. The van der Waals surface area contributed by atoms with Crippen LogP contribution in [0.25, 0.3) is 10.9 Å². The highest BCUT2D eigenvalue weighted by molar-refractivity contribution is 6.30. The number of carbonyl (C=O) groups is 2. The number of nitrogens with one attached hydrogen (secondary N) is 1. The molecule has 0 bridgehead atoms. The summed E-state index contributed by atoms with van der Waals surface area (Å²) in [6.07, 6.45) is 3.27. The number of pyridine rings is 1. The van der Waals surface area contributed by atoms with E-state index in [0.717, 1.165) is 23.7 Å². The monoisotopic (exact) mass is 393 g/mol. The normalized spacial score (nSPS) is 16.8. The van der Waals surface area contributed by atoms with E-state index >= 15 is 0 Å². The van der Waals surface area contributed by atoms with E-state index in [9.17, 15) is 9.59 Å². The van der Waals surface area contributed by atoms with Gasteiger partial charge in [-0.05, 0) is 49.2 Å². The lowest BCUT2D eigenvalue weighted by Gasteiger charge is -2.32. The van der Waals surface area contributed by atoms with E-state index in [-0.39, 0.29) is 17.7 Å². The molecule has 0 aliphatic carbocycles. The van der Waals surface area contributed by atoms with E-state index in [1.807, 2.05) is 30.3 Å². The van der Waals surface area contributed by atoms with E-state index < -0.39 is 0 Å². The van der Waals surface area contributed by atoms with Gasteiger partial charge in [-0.2, -0.15) is 0 Å². The average molecular weight is 394 g/mol. The van der Waals surface area contributed by atoms with Gasteiger partial charge in [0.1, 0.15) is 0 Å². The maximum atomic E-state index is 12.9. The van der Waals surface area contributed by atoms with Gasteiger partial charge in [0.05, 0.1) is 17.1 Å². The summed E-state index contributed by atoms with van der Waals surface area (Å²) in [5.74, 6) is -0.392. The van der Waals surface area contributed by atoms with Gasteiger partial charge >= 0.3 is 0 Å². The van der Waals surface area contributed by atoms with Crippen molar-refractivity contribution < 1.29 is 9.59 Å². The van der Waals surface area contributed by atoms with Gasteiger partial charge in [0.15, 0.2) is 0 Å². The highest BCUT2D eigenvalue weighted by Gasteiger charge is 2.29. The first-order valence-corrected chi connectivity index (χ1v) is 9.69. The lowest BCUT2D eigenvalue weighted by Crippen LogP contribution is -2.43. The molecule has 4 rings (SSSR count). The third kappa shape index (κ3) is 3.85. The molecule has 28 heavy (non-hydrogen) atoms. The molecule has 2 amide bonds. The van der Waals surface area contributed by atoms with Crippen LogP contribution in [0.5, 0.6) is 0 Å². The molecule has 1 aliphatic rings. The molecule has 142 valence electrons. The second-order valence-corrected chi connectivity index (χ2v) is 7.40. The van der Waals surface area contributed by atoms with Crippen molar-refractivity contribution in [2.75, 3.05) is 18.4 Å². The highest BCUT2D eigenvalue weighted by atomic mass is 35.5. The zero-order chi connectivity index (χ0) is 19.5. The van der Waals surface area contributed by atoms with E-state index in [0.29, 0.717) is 29.4 Å². The lowest BCUT2D eigenvalue weighted by molar-refractivity contribution is -0.121. The summed E-state index contributed by atoms with van der Waals surface area (Å²) in [7, 11) is 0. The SMILES string of the molecule is O=C(Nc1cccc2cccnc12)[C@@H]1CCCN(C(=O)c2ccc(Cl)cc2)C1. The van der Waals surface area contributed by atoms with Crippen LogP contribution in [0.4, 0.5) is 5.69 Å². The van der Waals surface area contributed by atoms with Gasteiger partial charge in [-0.15, -0.1) is 0 Å². The molecular weight excluding hydrogens is 374 g/mol. The largest absolute Gasteiger partial charge is 0.338 e. The van der Waals surface area contributed by atoms with Crippen LogP contribution in [0.15, 0.2) is 60.8 Å². The summed E-state index contributed by atoms with van der Waals surface area (Å²) in [6, 6.07) is 16.4. The fraction of sp³-hybridized carbons (Fsp3) is 0.227. The molecule has 1 aromatic heterocycles. The van der Waals surface area contributed by atoms with Gasteiger partial charge in [0.2, 0.25) is 5.91 Å². The minimum atomic E-state index is -0.246. The van der Waals surface area contributed by atoms with Crippen molar-refractivity contribution in [2.45, 2.75) is 12.8 Å². The summed E-state index contributed by atoms with van der Waals surface area (Å²) < 4.78 is 0. The molecule has 1 aliphatic heterocycles. The Morgan fingerprint density at radius 2 is 1.86 bits per heavy atom. The Kier molecular flexibility index (Phi) is 5.26. The molecule has 0 unspecified atom stereocenters. The number of halogens is 1. The third-order valence-corrected chi connectivity index (χ3v) is 5.31. The number of amides is 2. The maximum Gasteiger partial charge on any atom is 0.253 e. The summed E-state index contributed by atoms with van der Waals surface area (Å²) in [5.41, 5.74) is 2.05. The van der Waals surface area contributed by atoms with Gasteiger partial charge in [-0.1, -0.05) is 29.8 Å². The van der Waals surface area contributed by atoms with E-state index in [4.69, 9.17) is 11.6 Å². The topological polar surface area (TPSA) is 62.3 Å². The van der Waals surface area contributed by atoms with Gasteiger partial charge in [0, 0.05) is 35.3 Å². The first-order chi connectivity index (χ1) is 13.6. The molecule has 5 nitrogen and oxygen atoms in total. The number of piperidine rings is 1. The van der Waals surface area contributed by atoms with Crippen LogP contribution in [0.2, 0.25) is 5.02 Å². The van der Waals surface area contributed by atoms with Gasteiger partial charge < -0.3 is 10.2 Å². The minimum Gasteiger partial charge on any atom is -0.338 e. The predicted molar refractivity (Wildman–Crippen MR) is 110 cm³/mol. The Hall–Kier alpha value is -2.92. The van der Waals surface area contributed by atoms with Crippen molar-refractivity contribution in [3.05, 3.63) is 71.4 Å². The van der Waals surface area contributed by atoms with Crippen LogP contribution in [0.3, 0.4) is 0 Å². The third-order valence-electron chi connectivity index (χ3n) is 5.06. The van der Waals surface area contributed by atoms with Crippen LogP contribution in [0, 0.1) is 5.92 Å². The van der Waals surface area contributed by atoms with Crippen LogP contribution >= 0.6 is 11.6 Å². The van der Waals surface area contributed by atoms with Crippen LogP contribution in [-0.2, 0) is 4.79 Å². The van der Waals surface area contributed by atoms with Crippen LogP contribution in [-0.4, -0.2) is 34.8 Å². The van der Waals surface area contributed by atoms with Gasteiger partial charge in [-0.25, -0.2) is 0 Å². The second-order valence-electron chi connectivity index (χ2n) is 6.97. The summed E-state index contributed by atoms with van der Waals surface area (Å²) in [5, 5.41) is 4.57. The zero-order valence-corrected chi connectivity index (χ0v) is 16.0. The number of fused-ring (bicyclic) bond motifs is 1. The number of likely N-dealkylation sites (tertiary alicyclic amines) is 1. The smallest absolute Gasteiger partial charge is 0.253 e. The zero-order valence-electron chi connectivity index (χ0n) is 15.3. The molecule has 2 heterocycles. The van der Waals surface area contributed by atoms with Gasteiger partial charge in [0.25, 0.3) is 5.91 Å². The van der Waals surface area contributed by atoms with Crippen LogP contribution < -0.4 is 5.32 Å². The van der Waals surface area contributed by atoms with Crippen molar-refractivity contribution in [2.24, 2.45) is 5.92 Å². The number of hydrogen-bond donors (Lipinski definition) is 1. The molecule has 0 spiro atoms. The molecule has 1 fully saturated rings. The highest BCUT2D eigenvalue weighted by Crippen LogP contribution is 2.24. The quantitative estimate of drug-likeness (QED) is 0.718. The number of carbonyl (C=O) groups excluding carboxylic acids is 2. The Morgan fingerprint density at radius 1 is 1.07 bits per heavy atom. The number of hydrogen-bond acceptors (Lipinski definition) is 3. The first kappa shape index (κ1) is 18.4. The Bertz CT molecular complexity index is 1010. The molecule has 1 atom stereocenters. The Labute approximate surface area is 168 Å². The average Bonchev–Trinajstić information content (AvgIpc) is 2.74. The molecule has 1 N–H and O–H groups in total. The molecular formula is C22H20ClN3O2. The second kappa shape index (κ2) is 7.98. The number of nitrogens with zero attached hydrogens (tertiary/aromatic N) is 2. The van der Waals surface area contributed by atoms with Crippen molar-refractivity contribution in [3.8, 4) is 0 Å². The van der Waals surface area contributed by atoms with Crippen molar-refractivity contribution in [3.63, 3.8) is 0 Å². The number of benzene rings is 2. The van der Waals surface area contributed by atoms with E-state index in [2.05, 4.69) is 10.3 Å². The molecule has 6 heteroatoms. The standard InChI is InChI=1S/C22H20ClN3O2/c23-18-10-8-16(9-11-18)22(28)26-13-3-6-17(14-26)21(27)25-19-7-1-4-15-5-2-12-24-20(15)19/h1-2,4-5,7-12,17H,3,6,13-14H2,(H,25,27)/t17-/m1/s1. The fourth-order valence-corrected chi connectivity index (χ4v) is 3.72. The van der Waals surface area contributed by atoms with Gasteiger partial charge in [-0.3, -0.25) is 14.6 Å². The predicted octanol–water partition coefficient (Wildman–Crippen LogP) is 4.38. The van der Waals surface area contributed by atoms with Crippen LogP contribution in [0.1, 0.15) is 23.2 Å². The molecule has 1 saturated heterocycles. The minimum absolute atomic E-state index is 0.0685. The summed E-state index contributed by atoms with van der Waals surface area (Å²) in [4.78, 5) is 31.7. The Morgan fingerprint density at radius 3 is 2.68 bits per heavy atom. The molecule has 0 radical (unpaired) electrons. The van der Waals surface area contributed by atoms with E-state index in [1.165, 1.54) is 0 Å². The van der Waals surface area contributed by atoms with Crippen molar-refractivity contribution in [1.29, 1.82) is 0 Å². The molecule has 3 aromatic rings. The fourth-order valence-electron chi connectivity index (χ4n) is 3.59. The first-order valence-electron chi connectivity index (χ1n) is 9.31. The number of para-hydroxylation sites is 1. The number of anilines is 1. The Balaban J connectivity index is 1.47. The van der Waals surface area contributed by atoms with Crippen molar-refractivity contribution >= 4 is 40.0 Å². The lowest BCUT2D eigenvalue weighted by atomic mass is 9.96. The maximum absolute atomic E-state index is 12.9. The van der Waals surface area contributed by atoms with Crippen molar-refractivity contribution in [1.82, 2.24) is 9.88 Å².